The predicted octanol–water partition coefficient (Wildman–Crippen LogP) is 1.82. The summed E-state index contributed by atoms with van der Waals surface area (Å²) in [6, 6.07) is 1.96. The summed E-state index contributed by atoms with van der Waals surface area (Å²) in [5.74, 6) is 1.86. The van der Waals surface area contributed by atoms with E-state index < -0.39 is 0 Å². The smallest absolute Gasteiger partial charge is 0.144 e. The van der Waals surface area contributed by atoms with Gasteiger partial charge in [-0.05, 0) is 19.5 Å². The Morgan fingerprint density at radius 2 is 2.19 bits per heavy atom. The molecule has 4 nitrogen and oxygen atoms in total. The van der Waals surface area contributed by atoms with Crippen molar-refractivity contribution in [1.29, 1.82) is 0 Å². The molecular weight excluding hydrogens is 200 g/mol. The normalized spacial score (nSPS) is 10.4. The van der Waals surface area contributed by atoms with Gasteiger partial charge in [0, 0.05) is 19.8 Å². The van der Waals surface area contributed by atoms with Crippen LogP contribution in [-0.4, -0.2) is 30.6 Å². The lowest BCUT2D eigenvalue weighted by Crippen LogP contribution is -2.21. The number of aromatic nitrogens is 2. The lowest BCUT2D eigenvalue weighted by Gasteiger charge is -2.18. The van der Waals surface area contributed by atoms with Gasteiger partial charge in [-0.25, -0.2) is 9.97 Å². The van der Waals surface area contributed by atoms with Crippen molar-refractivity contribution in [3.8, 4) is 0 Å². The Bertz CT molecular complexity index is 301. The summed E-state index contributed by atoms with van der Waals surface area (Å²) in [6.45, 7) is 4.00. The highest BCUT2D eigenvalue weighted by molar-refractivity contribution is 5.35. The average molecular weight is 222 g/mol. The average Bonchev–Trinajstić information content (AvgIpc) is 2.30. The third-order valence-electron chi connectivity index (χ3n) is 2.51. The van der Waals surface area contributed by atoms with E-state index in [4.69, 9.17) is 0 Å². The third-order valence-corrected chi connectivity index (χ3v) is 2.51. The second-order valence-electron chi connectivity index (χ2n) is 3.99. The highest BCUT2D eigenvalue weighted by Gasteiger charge is 2.03. The van der Waals surface area contributed by atoms with Crippen molar-refractivity contribution in [3.05, 3.63) is 18.1 Å². The van der Waals surface area contributed by atoms with E-state index in [-0.39, 0.29) is 0 Å². The molecule has 0 aliphatic rings. The van der Waals surface area contributed by atoms with E-state index in [0.717, 1.165) is 24.7 Å². The van der Waals surface area contributed by atoms with Gasteiger partial charge in [-0.3, -0.25) is 0 Å². The summed E-state index contributed by atoms with van der Waals surface area (Å²) in [5.41, 5.74) is 0. The maximum Gasteiger partial charge on any atom is 0.144 e. The number of nitrogens with zero attached hydrogens (tertiary/aromatic N) is 3. The molecule has 1 aromatic rings. The highest BCUT2D eigenvalue weighted by Crippen LogP contribution is 2.09. The fourth-order valence-electron chi connectivity index (χ4n) is 1.56. The van der Waals surface area contributed by atoms with Crippen LogP contribution in [0.3, 0.4) is 0 Å². The zero-order chi connectivity index (χ0) is 11.8. The van der Waals surface area contributed by atoms with Gasteiger partial charge in [-0.15, -0.1) is 0 Å². The maximum absolute atomic E-state index is 4.49. The van der Waals surface area contributed by atoms with Crippen molar-refractivity contribution >= 4 is 5.82 Å². The monoisotopic (exact) mass is 222 g/mol. The molecule has 1 N–H and O–H groups in total. The Kier molecular flexibility index (Phi) is 5.78. The van der Waals surface area contributed by atoms with Crippen LogP contribution in [0.15, 0.2) is 12.3 Å². The lowest BCUT2D eigenvalue weighted by atomic mass is 10.2. The molecule has 0 bridgehead atoms. The molecule has 0 unspecified atom stereocenters. The molecule has 0 atom stereocenters. The number of rotatable bonds is 7. The number of unbranched alkanes of at least 4 members (excludes halogenated alkanes) is 2. The predicted molar refractivity (Wildman–Crippen MR) is 67.6 cm³/mol. The quantitative estimate of drug-likeness (QED) is 0.715. The van der Waals surface area contributed by atoms with Crippen molar-refractivity contribution in [2.75, 3.05) is 25.5 Å². The lowest BCUT2D eigenvalue weighted by molar-refractivity contribution is 0.695. The minimum absolute atomic E-state index is 0.719. The summed E-state index contributed by atoms with van der Waals surface area (Å²) in [4.78, 5) is 10.9. The van der Waals surface area contributed by atoms with E-state index >= 15 is 0 Å². The summed E-state index contributed by atoms with van der Waals surface area (Å²) >= 11 is 0. The highest BCUT2D eigenvalue weighted by atomic mass is 15.2. The van der Waals surface area contributed by atoms with E-state index in [2.05, 4.69) is 34.2 Å². The van der Waals surface area contributed by atoms with Crippen LogP contribution in [0, 0.1) is 0 Å². The summed E-state index contributed by atoms with van der Waals surface area (Å²) in [5, 5.41) is 3.06. The van der Waals surface area contributed by atoms with Crippen molar-refractivity contribution < 1.29 is 0 Å². The molecule has 0 saturated carbocycles. The van der Waals surface area contributed by atoms with Crippen molar-refractivity contribution in [2.24, 2.45) is 0 Å². The molecule has 1 aromatic heterocycles. The van der Waals surface area contributed by atoms with E-state index in [1.54, 1.807) is 0 Å². The first-order valence-electron chi connectivity index (χ1n) is 5.95. The van der Waals surface area contributed by atoms with Gasteiger partial charge in [0.15, 0.2) is 0 Å². The molecule has 1 rings (SSSR count). The van der Waals surface area contributed by atoms with E-state index in [9.17, 15) is 0 Å². The molecule has 0 amide bonds. The number of hydrogen-bond acceptors (Lipinski definition) is 4. The van der Waals surface area contributed by atoms with Gasteiger partial charge in [-0.1, -0.05) is 19.8 Å². The summed E-state index contributed by atoms with van der Waals surface area (Å²) in [7, 11) is 3.99. The number of nitrogens with one attached hydrogen (secondary N) is 1. The molecule has 0 radical (unpaired) electrons. The Labute approximate surface area is 98.1 Å². The van der Waals surface area contributed by atoms with Crippen molar-refractivity contribution in [1.82, 2.24) is 15.3 Å². The molecule has 0 aliphatic heterocycles. The van der Waals surface area contributed by atoms with Crippen LogP contribution in [0.25, 0.3) is 0 Å². The van der Waals surface area contributed by atoms with Gasteiger partial charge in [0.2, 0.25) is 0 Å². The van der Waals surface area contributed by atoms with Crippen LogP contribution < -0.4 is 10.2 Å². The van der Waals surface area contributed by atoms with Crippen LogP contribution in [-0.2, 0) is 6.54 Å². The molecule has 0 spiro atoms. The maximum atomic E-state index is 4.49. The summed E-state index contributed by atoms with van der Waals surface area (Å²) < 4.78 is 0. The van der Waals surface area contributed by atoms with Gasteiger partial charge < -0.3 is 10.2 Å². The Balaban J connectivity index is 2.53. The first kappa shape index (κ1) is 12.9. The van der Waals surface area contributed by atoms with E-state index in [0.29, 0.717) is 0 Å². The number of anilines is 1. The second-order valence-corrected chi connectivity index (χ2v) is 3.99. The molecule has 4 heteroatoms. The van der Waals surface area contributed by atoms with Crippen LogP contribution in [0.1, 0.15) is 32.0 Å². The second kappa shape index (κ2) is 7.17. The van der Waals surface area contributed by atoms with Crippen molar-refractivity contribution in [2.45, 2.75) is 32.7 Å². The Morgan fingerprint density at radius 3 is 2.88 bits per heavy atom. The molecule has 1 heterocycles. The minimum atomic E-state index is 0.719. The molecule has 0 aromatic carbocycles. The topological polar surface area (TPSA) is 41.1 Å². The SMILES string of the molecule is CCCCCN(C)c1ccnc(CNC)n1. The van der Waals surface area contributed by atoms with Crippen molar-refractivity contribution in [3.63, 3.8) is 0 Å². The molecule has 0 aliphatic carbocycles. The molecule has 90 valence electrons. The molecular formula is C12H22N4. The molecule has 0 saturated heterocycles. The third kappa shape index (κ3) is 4.14. The van der Waals surface area contributed by atoms with E-state index in [1.807, 2.05) is 19.3 Å². The largest absolute Gasteiger partial charge is 0.360 e. The van der Waals surface area contributed by atoms with Gasteiger partial charge >= 0.3 is 0 Å². The first-order chi connectivity index (χ1) is 7.77. The van der Waals surface area contributed by atoms with Gasteiger partial charge in [-0.2, -0.15) is 0 Å². The zero-order valence-electron chi connectivity index (χ0n) is 10.5. The Morgan fingerprint density at radius 1 is 1.38 bits per heavy atom. The zero-order valence-corrected chi connectivity index (χ0v) is 10.5. The Hall–Kier alpha value is -1.16. The first-order valence-corrected chi connectivity index (χ1v) is 5.95. The van der Waals surface area contributed by atoms with Crippen LogP contribution in [0.4, 0.5) is 5.82 Å². The standard InChI is InChI=1S/C12H22N4/c1-4-5-6-9-16(3)12-7-8-14-11(15-12)10-13-2/h7-8,13H,4-6,9-10H2,1-3H3. The van der Waals surface area contributed by atoms with Gasteiger partial charge in [0.1, 0.15) is 11.6 Å². The van der Waals surface area contributed by atoms with Crippen LogP contribution in [0.5, 0.6) is 0 Å². The van der Waals surface area contributed by atoms with Gasteiger partial charge in [0.05, 0.1) is 6.54 Å². The van der Waals surface area contributed by atoms with E-state index in [1.165, 1.54) is 19.3 Å². The summed E-state index contributed by atoms with van der Waals surface area (Å²) in [6.07, 6.45) is 5.57. The van der Waals surface area contributed by atoms with Crippen LogP contribution in [0.2, 0.25) is 0 Å². The fraction of sp³-hybridized carbons (Fsp3) is 0.667. The number of hydrogen-bond donors (Lipinski definition) is 1. The molecule has 0 fully saturated rings. The van der Waals surface area contributed by atoms with Gasteiger partial charge in [0.25, 0.3) is 0 Å². The molecule has 16 heavy (non-hydrogen) atoms. The van der Waals surface area contributed by atoms with Crippen LogP contribution >= 0.6 is 0 Å². The minimum Gasteiger partial charge on any atom is -0.360 e. The fourth-order valence-corrected chi connectivity index (χ4v) is 1.56.